The molecule has 1 aromatic rings. The molecule has 0 aliphatic rings. The van der Waals surface area contributed by atoms with Crippen LogP contribution in [0.3, 0.4) is 0 Å². The van der Waals surface area contributed by atoms with Gasteiger partial charge in [0.25, 0.3) is 0 Å². The second kappa shape index (κ2) is 8.08. The van der Waals surface area contributed by atoms with Gasteiger partial charge in [-0.05, 0) is 31.2 Å². The highest BCUT2D eigenvalue weighted by molar-refractivity contribution is 5.91. The number of hydrogen-bond donors (Lipinski definition) is 0. The molecule has 94 valence electrons. The summed E-state index contributed by atoms with van der Waals surface area (Å²) in [5, 5.41) is 8.42. The van der Waals surface area contributed by atoms with Crippen LogP contribution in [0.4, 0.5) is 0 Å². The van der Waals surface area contributed by atoms with E-state index in [4.69, 9.17) is 10.00 Å². The Morgan fingerprint density at radius 3 is 2.61 bits per heavy atom. The van der Waals surface area contributed by atoms with E-state index < -0.39 is 5.97 Å². The standard InChI is InChI=1S/C15H17NO2/c1-13(12-16)15(17)18-11-7-3-6-10-14-8-4-2-5-9-14/h2,4-5,8-9H,1,3,6-7,10-11H2. The van der Waals surface area contributed by atoms with Gasteiger partial charge < -0.3 is 4.74 Å². The summed E-state index contributed by atoms with van der Waals surface area (Å²) < 4.78 is 4.89. The van der Waals surface area contributed by atoms with Crippen molar-refractivity contribution in [3.8, 4) is 6.07 Å². The highest BCUT2D eigenvalue weighted by Gasteiger charge is 2.06. The van der Waals surface area contributed by atoms with Gasteiger partial charge in [0.05, 0.1) is 6.61 Å². The van der Waals surface area contributed by atoms with Crippen LogP contribution in [0.1, 0.15) is 24.8 Å². The molecule has 0 heterocycles. The van der Waals surface area contributed by atoms with Gasteiger partial charge >= 0.3 is 5.97 Å². The molecule has 0 atom stereocenters. The Kier molecular flexibility index (Phi) is 6.27. The number of esters is 1. The predicted octanol–water partition coefficient (Wildman–Crippen LogP) is 3.02. The zero-order valence-corrected chi connectivity index (χ0v) is 10.4. The first-order valence-corrected chi connectivity index (χ1v) is 6.04. The van der Waals surface area contributed by atoms with Crippen LogP contribution in [0.15, 0.2) is 42.5 Å². The Hall–Kier alpha value is -2.08. The Morgan fingerprint density at radius 2 is 1.94 bits per heavy atom. The van der Waals surface area contributed by atoms with Crippen molar-refractivity contribution in [2.24, 2.45) is 0 Å². The number of ether oxygens (including phenoxy) is 1. The molecule has 18 heavy (non-hydrogen) atoms. The number of hydrogen-bond acceptors (Lipinski definition) is 3. The minimum absolute atomic E-state index is 0.140. The van der Waals surface area contributed by atoms with E-state index in [1.165, 1.54) is 5.56 Å². The molecule has 0 unspecified atom stereocenters. The first kappa shape index (κ1) is 14.0. The van der Waals surface area contributed by atoms with Crippen molar-refractivity contribution >= 4 is 5.97 Å². The second-order valence-corrected chi connectivity index (χ2v) is 4.02. The lowest BCUT2D eigenvalue weighted by Gasteiger charge is -2.03. The summed E-state index contributed by atoms with van der Waals surface area (Å²) in [5.41, 5.74) is 1.19. The maximum atomic E-state index is 11.1. The van der Waals surface area contributed by atoms with Gasteiger partial charge in [-0.1, -0.05) is 36.9 Å². The van der Waals surface area contributed by atoms with E-state index >= 15 is 0 Å². The van der Waals surface area contributed by atoms with E-state index in [0.29, 0.717) is 6.61 Å². The number of unbranched alkanes of at least 4 members (excludes halogenated alkanes) is 2. The zero-order valence-electron chi connectivity index (χ0n) is 10.4. The van der Waals surface area contributed by atoms with Crippen molar-refractivity contribution in [2.75, 3.05) is 6.61 Å². The summed E-state index contributed by atoms with van der Waals surface area (Å²) in [5.74, 6) is -0.611. The third-order valence-electron chi connectivity index (χ3n) is 2.57. The second-order valence-electron chi connectivity index (χ2n) is 4.02. The molecule has 1 rings (SSSR count). The Balaban J connectivity index is 2.05. The van der Waals surface area contributed by atoms with Crippen LogP contribution in [0.2, 0.25) is 0 Å². The molecular weight excluding hydrogens is 226 g/mol. The highest BCUT2D eigenvalue weighted by atomic mass is 16.5. The van der Waals surface area contributed by atoms with Gasteiger partial charge in [0.15, 0.2) is 0 Å². The Morgan fingerprint density at radius 1 is 1.22 bits per heavy atom. The molecule has 0 radical (unpaired) electrons. The fraction of sp³-hybridized carbons (Fsp3) is 0.333. The number of benzene rings is 1. The van der Waals surface area contributed by atoms with Crippen molar-refractivity contribution in [3.05, 3.63) is 48.0 Å². The number of carbonyl (C=O) groups is 1. The maximum Gasteiger partial charge on any atom is 0.348 e. The lowest BCUT2D eigenvalue weighted by Crippen LogP contribution is -2.07. The van der Waals surface area contributed by atoms with Gasteiger partial charge in [-0.3, -0.25) is 0 Å². The topological polar surface area (TPSA) is 50.1 Å². The van der Waals surface area contributed by atoms with Crippen LogP contribution in [-0.4, -0.2) is 12.6 Å². The van der Waals surface area contributed by atoms with Crippen molar-refractivity contribution < 1.29 is 9.53 Å². The summed E-state index contributed by atoms with van der Waals surface area (Å²) in [6.45, 7) is 3.65. The van der Waals surface area contributed by atoms with E-state index in [2.05, 4.69) is 18.7 Å². The maximum absolute atomic E-state index is 11.1. The summed E-state index contributed by atoms with van der Waals surface area (Å²) >= 11 is 0. The fourth-order valence-corrected chi connectivity index (χ4v) is 1.55. The first-order valence-electron chi connectivity index (χ1n) is 6.04. The van der Waals surface area contributed by atoms with Crippen molar-refractivity contribution in [3.63, 3.8) is 0 Å². The lowest BCUT2D eigenvalue weighted by atomic mass is 10.1. The molecule has 0 saturated heterocycles. The van der Waals surface area contributed by atoms with Crippen molar-refractivity contribution in [1.82, 2.24) is 0 Å². The molecule has 0 fully saturated rings. The van der Waals surface area contributed by atoms with Gasteiger partial charge in [0.2, 0.25) is 0 Å². The Bertz CT molecular complexity index is 432. The minimum atomic E-state index is -0.611. The molecule has 0 spiro atoms. The van der Waals surface area contributed by atoms with E-state index in [1.54, 1.807) is 6.07 Å². The smallest absolute Gasteiger partial charge is 0.348 e. The van der Waals surface area contributed by atoms with Crippen LogP contribution in [0.5, 0.6) is 0 Å². The number of nitrogens with zero attached hydrogens (tertiary/aromatic N) is 1. The van der Waals surface area contributed by atoms with Gasteiger partial charge in [0.1, 0.15) is 11.6 Å². The van der Waals surface area contributed by atoms with Gasteiger partial charge in [0, 0.05) is 0 Å². The molecule has 1 aromatic carbocycles. The number of aryl methyl sites for hydroxylation is 1. The molecule has 0 aliphatic heterocycles. The minimum Gasteiger partial charge on any atom is -0.462 e. The van der Waals surface area contributed by atoms with Gasteiger partial charge in [-0.2, -0.15) is 5.26 Å². The van der Waals surface area contributed by atoms with Crippen LogP contribution >= 0.6 is 0 Å². The Labute approximate surface area is 108 Å². The third kappa shape index (κ3) is 5.31. The van der Waals surface area contributed by atoms with E-state index in [0.717, 1.165) is 25.7 Å². The van der Waals surface area contributed by atoms with Crippen molar-refractivity contribution in [2.45, 2.75) is 25.7 Å². The molecule has 0 aromatic heterocycles. The van der Waals surface area contributed by atoms with Gasteiger partial charge in [-0.25, -0.2) is 4.79 Å². The zero-order chi connectivity index (χ0) is 13.2. The normalized spacial score (nSPS) is 9.50. The first-order chi connectivity index (χ1) is 8.74. The molecule has 3 heteroatoms. The number of rotatable bonds is 7. The van der Waals surface area contributed by atoms with E-state index in [1.807, 2.05) is 18.2 Å². The van der Waals surface area contributed by atoms with Crippen molar-refractivity contribution in [1.29, 1.82) is 5.26 Å². The molecule has 0 saturated carbocycles. The molecule has 0 N–H and O–H groups in total. The number of nitriles is 1. The summed E-state index contributed by atoms with van der Waals surface area (Å²) in [7, 11) is 0. The monoisotopic (exact) mass is 243 g/mol. The van der Waals surface area contributed by atoms with Gasteiger partial charge in [-0.15, -0.1) is 0 Å². The quantitative estimate of drug-likeness (QED) is 0.320. The lowest BCUT2D eigenvalue weighted by molar-refractivity contribution is -0.138. The third-order valence-corrected chi connectivity index (χ3v) is 2.57. The molecule has 0 amide bonds. The van der Waals surface area contributed by atoms with Crippen LogP contribution in [0, 0.1) is 11.3 Å². The summed E-state index contributed by atoms with van der Waals surface area (Å²) in [6, 6.07) is 12.0. The fourth-order valence-electron chi connectivity index (χ4n) is 1.55. The predicted molar refractivity (Wildman–Crippen MR) is 69.7 cm³/mol. The average Bonchev–Trinajstić information content (AvgIpc) is 2.42. The molecule has 0 aliphatic carbocycles. The molecular formula is C15H17NO2. The van der Waals surface area contributed by atoms with Crippen LogP contribution in [-0.2, 0) is 16.0 Å². The van der Waals surface area contributed by atoms with E-state index in [9.17, 15) is 4.79 Å². The SMILES string of the molecule is C=C(C#N)C(=O)OCCCCCc1ccccc1. The largest absolute Gasteiger partial charge is 0.462 e. The molecule has 3 nitrogen and oxygen atoms in total. The molecule has 0 bridgehead atoms. The average molecular weight is 243 g/mol. The van der Waals surface area contributed by atoms with Crippen LogP contribution < -0.4 is 0 Å². The summed E-state index contributed by atoms with van der Waals surface area (Å²) in [4.78, 5) is 11.1. The van der Waals surface area contributed by atoms with E-state index in [-0.39, 0.29) is 5.57 Å². The summed E-state index contributed by atoms with van der Waals surface area (Å²) in [6.07, 6.45) is 3.93. The highest BCUT2D eigenvalue weighted by Crippen LogP contribution is 2.06. The van der Waals surface area contributed by atoms with Crippen LogP contribution in [0.25, 0.3) is 0 Å². The number of carbonyl (C=O) groups excluding carboxylic acids is 1.